The van der Waals surface area contributed by atoms with Gasteiger partial charge in [0.05, 0.1) is 12.2 Å². The van der Waals surface area contributed by atoms with E-state index in [1.54, 1.807) is 0 Å². The van der Waals surface area contributed by atoms with E-state index in [0.29, 0.717) is 4.43 Å². The third-order valence-corrected chi connectivity index (χ3v) is 2.57. The van der Waals surface area contributed by atoms with Gasteiger partial charge in [0.25, 0.3) is 0 Å². The fourth-order valence-corrected chi connectivity index (χ4v) is 1.79. The molecule has 0 aromatic rings. The number of hydrogen-bond donors (Lipinski definition) is 3. The summed E-state index contributed by atoms with van der Waals surface area (Å²) in [5.41, 5.74) is 0. The molecule has 0 spiro atoms. The first-order valence-corrected chi connectivity index (χ1v) is 4.93. The molecule has 0 saturated carbocycles. The summed E-state index contributed by atoms with van der Waals surface area (Å²) in [6.07, 6.45) is -3.02. The highest BCUT2D eigenvalue weighted by atomic mass is 127. The molecule has 1 saturated heterocycles. The molecule has 0 aromatic heterocycles. The smallest absolute Gasteiger partial charge is 0.157 e. The maximum Gasteiger partial charge on any atom is 0.157 e. The van der Waals surface area contributed by atoms with Crippen LogP contribution in [0, 0.1) is 0 Å². The Hall–Kier alpha value is 0.570. The Morgan fingerprint density at radius 3 is 2.55 bits per heavy atom. The number of aliphatic hydroxyl groups is 3. The van der Waals surface area contributed by atoms with Crippen LogP contribution in [0.1, 0.15) is 6.42 Å². The van der Waals surface area contributed by atoms with Gasteiger partial charge in [-0.15, -0.1) is 0 Å². The minimum atomic E-state index is -0.937. The first-order valence-electron chi connectivity index (χ1n) is 3.40. The van der Waals surface area contributed by atoms with E-state index in [2.05, 4.69) is 0 Å². The van der Waals surface area contributed by atoms with Gasteiger partial charge in [-0.3, -0.25) is 0 Å². The highest BCUT2D eigenvalue weighted by molar-refractivity contribution is 14.1. The van der Waals surface area contributed by atoms with E-state index in [1.807, 2.05) is 22.6 Å². The Bertz CT molecular complexity index is 132. The molecular formula is C6H11IO4. The molecule has 66 valence electrons. The van der Waals surface area contributed by atoms with Crippen molar-refractivity contribution in [3.63, 3.8) is 0 Å². The molecule has 0 radical (unpaired) electrons. The fourth-order valence-electron chi connectivity index (χ4n) is 1.06. The predicted octanol–water partition coefficient (Wildman–Crippen LogP) is -0.750. The molecule has 4 nitrogen and oxygen atoms in total. The highest BCUT2D eigenvalue weighted by Crippen LogP contribution is 2.20. The molecule has 0 aliphatic carbocycles. The molecule has 5 heteroatoms. The predicted molar refractivity (Wildman–Crippen MR) is 46.4 cm³/mol. The molecule has 0 amide bonds. The maximum atomic E-state index is 9.26. The topological polar surface area (TPSA) is 69.9 Å². The Balaban J connectivity index is 2.51. The van der Waals surface area contributed by atoms with E-state index < -0.39 is 24.6 Å². The van der Waals surface area contributed by atoms with Gasteiger partial charge in [-0.25, -0.2) is 0 Å². The van der Waals surface area contributed by atoms with Crippen molar-refractivity contribution >= 4 is 22.6 Å². The lowest BCUT2D eigenvalue weighted by Crippen LogP contribution is -2.48. The molecular weight excluding hydrogens is 263 g/mol. The van der Waals surface area contributed by atoms with Crippen LogP contribution >= 0.6 is 22.6 Å². The lowest BCUT2D eigenvalue weighted by Gasteiger charge is -2.33. The highest BCUT2D eigenvalue weighted by Gasteiger charge is 2.34. The van der Waals surface area contributed by atoms with Crippen LogP contribution in [0.5, 0.6) is 0 Å². The zero-order valence-corrected chi connectivity index (χ0v) is 8.01. The molecule has 1 aliphatic rings. The zero-order valence-electron chi connectivity index (χ0n) is 5.85. The quantitative estimate of drug-likeness (QED) is 0.435. The van der Waals surface area contributed by atoms with Crippen molar-refractivity contribution in [3.8, 4) is 0 Å². The average molecular weight is 274 g/mol. The van der Waals surface area contributed by atoms with Gasteiger partial charge in [-0.1, -0.05) is 22.6 Å². The summed E-state index contributed by atoms with van der Waals surface area (Å²) in [5, 5.41) is 27.4. The summed E-state index contributed by atoms with van der Waals surface area (Å²) in [4.78, 5) is 0. The second-order valence-electron chi connectivity index (χ2n) is 2.58. The minimum Gasteiger partial charge on any atom is -0.390 e. The van der Waals surface area contributed by atoms with Crippen molar-refractivity contribution in [2.24, 2.45) is 0 Å². The lowest BCUT2D eigenvalue weighted by atomic mass is 10.0. The summed E-state index contributed by atoms with van der Waals surface area (Å²) in [5.74, 6) is 0. The number of halogens is 1. The maximum absolute atomic E-state index is 9.26. The number of rotatable bonds is 1. The Morgan fingerprint density at radius 1 is 1.36 bits per heavy atom. The van der Waals surface area contributed by atoms with Gasteiger partial charge in [-0.05, 0) is 0 Å². The van der Waals surface area contributed by atoms with Crippen molar-refractivity contribution in [1.29, 1.82) is 0 Å². The van der Waals surface area contributed by atoms with Crippen LogP contribution in [-0.2, 0) is 4.74 Å². The van der Waals surface area contributed by atoms with E-state index in [9.17, 15) is 5.11 Å². The third-order valence-electron chi connectivity index (χ3n) is 1.70. The van der Waals surface area contributed by atoms with Crippen molar-refractivity contribution in [2.45, 2.75) is 31.0 Å². The monoisotopic (exact) mass is 274 g/mol. The van der Waals surface area contributed by atoms with Crippen LogP contribution in [0.2, 0.25) is 0 Å². The lowest BCUT2D eigenvalue weighted by molar-refractivity contribution is -0.224. The van der Waals surface area contributed by atoms with E-state index in [4.69, 9.17) is 14.9 Å². The number of hydrogen-bond acceptors (Lipinski definition) is 4. The van der Waals surface area contributed by atoms with Crippen LogP contribution in [0.4, 0.5) is 0 Å². The van der Waals surface area contributed by atoms with E-state index in [0.717, 1.165) is 0 Å². The van der Waals surface area contributed by atoms with E-state index in [-0.39, 0.29) is 6.42 Å². The van der Waals surface area contributed by atoms with Gasteiger partial charge in [-0.2, -0.15) is 0 Å². The molecule has 11 heavy (non-hydrogen) atoms. The van der Waals surface area contributed by atoms with Gasteiger partial charge in [0.2, 0.25) is 0 Å². The normalized spacial score (nSPS) is 45.8. The summed E-state index contributed by atoms with van der Waals surface area (Å²) in [6.45, 7) is 0. The van der Waals surface area contributed by atoms with Crippen molar-refractivity contribution in [3.05, 3.63) is 0 Å². The molecule has 1 rings (SSSR count). The summed E-state index contributed by atoms with van der Waals surface area (Å²) in [6, 6.07) is 0. The second kappa shape index (κ2) is 3.99. The molecule has 0 bridgehead atoms. The molecule has 1 aliphatic heterocycles. The minimum absolute atomic E-state index is 0.0916. The third kappa shape index (κ3) is 2.25. The molecule has 3 N–H and O–H groups in total. The molecule has 1 heterocycles. The first-order chi connectivity index (χ1) is 5.15. The van der Waals surface area contributed by atoms with Crippen LogP contribution < -0.4 is 0 Å². The largest absolute Gasteiger partial charge is 0.390 e. The Kier molecular flexibility index (Phi) is 3.51. The van der Waals surface area contributed by atoms with Gasteiger partial charge in [0, 0.05) is 10.8 Å². The standard InChI is InChI=1S/C6H11IO4/c7-2-4-6(10)3(8)1-5(9)11-4/h3-6,8-10H,1-2H2/t3-,4+,5?,6+/m0/s1. The number of ether oxygens (including phenoxy) is 1. The number of alkyl halides is 1. The van der Waals surface area contributed by atoms with Crippen LogP contribution in [-0.4, -0.2) is 44.3 Å². The second-order valence-corrected chi connectivity index (χ2v) is 3.46. The van der Waals surface area contributed by atoms with Gasteiger partial charge < -0.3 is 20.1 Å². The van der Waals surface area contributed by atoms with Crippen LogP contribution in [0.25, 0.3) is 0 Å². The first kappa shape index (κ1) is 9.66. The molecule has 1 fully saturated rings. The zero-order chi connectivity index (χ0) is 8.43. The summed E-state index contributed by atoms with van der Waals surface area (Å²) < 4.78 is 5.52. The van der Waals surface area contributed by atoms with Crippen molar-refractivity contribution in [1.82, 2.24) is 0 Å². The van der Waals surface area contributed by atoms with Crippen LogP contribution in [0.15, 0.2) is 0 Å². The van der Waals surface area contributed by atoms with Gasteiger partial charge in [0.1, 0.15) is 6.10 Å². The Morgan fingerprint density at radius 2 is 2.00 bits per heavy atom. The molecule has 4 atom stereocenters. The average Bonchev–Trinajstić information content (AvgIpc) is 1.96. The molecule has 0 aromatic carbocycles. The van der Waals surface area contributed by atoms with E-state index >= 15 is 0 Å². The van der Waals surface area contributed by atoms with E-state index in [1.165, 1.54) is 0 Å². The SMILES string of the molecule is OC1C[C@H](O)[C@@H](O)[C@@H](CI)O1. The van der Waals surface area contributed by atoms with Crippen molar-refractivity contribution in [2.75, 3.05) is 4.43 Å². The number of aliphatic hydroxyl groups excluding tert-OH is 3. The molecule has 1 unspecified atom stereocenters. The summed E-state index contributed by atoms with van der Waals surface area (Å²) in [7, 11) is 0. The van der Waals surface area contributed by atoms with Gasteiger partial charge >= 0.3 is 0 Å². The van der Waals surface area contributed by atoms with Crippen LogP contribution in [0.3, 0.4) is 0 Å². The summed E-state index contributed by atoms with van der Waals surface area (Å²) >= 11 is 2.03. The fraction of sp³-hybridized carbons (Fsp3) is 1.00. The van der Waals surface area contributed by atoms with Gasteiger partial charge in [0.15, 0.2) is 6.29 Å². The Labute approximate surface area is 78.3 Å². The van der Waals surface area contributed by atoms with Crippen molar-refractivity contribution < 1.29 is 20.1 Å².